The van der Waals surface area contributed by atoms with Gasteiger partial charge >= 0.3 is 6.18 Å². The zero-order valence-electron chi connectivity index (χ0n) is 12.3. The van der Waals surface area contributed by atoms with E-state index in [4.69, 9.17) is 0 Å². The highest BCUT2D eigenvalue weighted by Crippen LogP contribution is 2.33. The molecule has 3 rings (SSSR count). The number of amides is 1. The first-order chi connectivity index (χ1) is 11.8. The molecule has 0 saturated heterocycles. The molecule has 0 saturated carbocycles. The van der Waals surface area contributed by atoms with E-state index in [1.165, 1.54) is 12.1 Å². The molecule has 0 aliphatic carbocycles. The molecule has 0 unspecified atom stereocenters. The van der Waals surface area contributed by atoms with E-state index in [-0.39, 0.29) is 21.6 Å². The number of halogens is 4. The molecule has 0 bridgehead atoms. The lowest BCUT2D eigenvalue weighted by Gasteiger charge is -2.06. The van der Waals surface area contributed by atoms with E-state index in [0.29, 0.717) is 5.56 Å². The third-order valence-electron chi connectivity index (χ3n) is 3.17. The second-order valence-electron chi connectivity index (χ2n) is 4.96. The van der Waals surface area contributed by atoms with Crippen molar-refractivity contribution < 1.29 is 18.0 Å². The summed E-state index contributed by atoms with van der Waals surface area (Å²) >= 11 is 4.28. The van der Waals surface area contributed by atoms with E-state index < -0.39 is 11.7 Å². The van der Waals surface area contributed by atoms with Crippen LogP contribution >= 0.6 is 27.3 Å². The molecule has 0 aliphatic heterocycles. The van der Waals surface area contributed by atoms with Crippen molar-refractivity contribution in [2.75, 3.05) is 5.32 Å². The van der Waals surface area contributed by atoms with Crippen molar-refractivity contribution in [3.05, 3.63) is 64.1 Å². The van der Waals surface area contributed by atoms with E-state index >= 15 is 0 Å². The maximum atomic E-state index is 12.8. The lowest BCUT2D eigenvalue weighted by atomic mass is 10.1. The summed E-state index contributed by atoms with van der Waals surface area (Å²) in [5.41, 5.74) is -0.0552. The van der Waals surface area contributed by atoms with E-state index in [1.54, 1.807) is 24.3 Å². The summed E-state index contributed by atoms with van der Waals surface area (Å²) in [5.74, 6) is -0.381. The number of carbonyl (C=O) groups is 1. The monoisotopic (exact) mass is 427 g/mol. The number of carbonyl (C=O) groups excluding carboxylic acids is 1. The third-order valence-corrected chi connectivity index (χ3v) is 4.55. The Balaban J connectivity index is 1.80. The van der Waals surface area contributed by atoms with E-state index in [0.717, 1.165) is 27.9 Å². The van der Waals surface area contributed by atoms with Crippen molar-refractivity contribution in [2.24, 2.45) is 0 Å². The standard InChI is InChI=1S/C16H9BrF3N3OS/c17-12-6-2-3-9(8-12)13(24)21-15-23-22-14(25-15)10-4-1-5-11(7-10)16(18,19)20/h1-8H,(H,21,23,24). The van der Waals surface area contributed by atoms with Crippen LogP contribution in [0.5, 0.6) is 0 Å². The van der Waals surface area contributed by atoms with E-state index in [2.05, 4.69) is 31.4 Å². The van der Waals surface area contributed by atoms with Crippen LogP contribution in [0.25, 0.3) is 10.6 Å². The molecule has 3 aromatic rings. The molecule has 0 fully saturated rings. The Kier molecular flexibility index (Phi) is 4.87. The number of nitrogens with one attached hydrogen (secondary N) is 1. The predicted molar refractivity (Wildman–Crippen MR) is 92.4 cm³/mol. The molecular weight excluding hydrogens is 419 g/mol. The van der Waals surface area contributed by atoms with Crippen molar-refractivity contribution in [3.8, 4) is 10.6 Å². The van der Waals surface area contributed by atoms with Gasteiger partial charge in [0, 0.05) is 15.6 Å². The number of aromatic nitrogens is 2. The largest absolute Gasteiger partial charge is 0.416 e. The van der Waals surface area contributed by atoms with Gasteiger partial charge in [0.2, 0.25) is 5.13 Å². The Bertz CT molecular complexity index is 927. The van der Waals surface area contributed by atoms with Crippen LogP contribution in [0.2, 0.25) is 0 Å². The highest BCUT2D eigenvalue weighted by Gasteiger charge is 2.30. The van der Waals surface area contributed by atoms with Crippen molar-refractivity contribution in [2.45, 2.75) is 6.18 Å². The van der Waals surface area contributed by atoms with E-state index in [1.807, 2.05) is 0 Å². The smallest absolute Gasteiger partial charge is 0.296 e. The number of benzene rings is 2. The van der Waals surface area contributed by atoms with Gasteiger partial charge in [-0.15, -0.1) is 10.2 Å². The van der Waals surface area contributed by atoms with Gasteiger partial charge in [-0.3, -0.25) is 10.1 Å². The van der Waals surface area contributed by atoms with Gasteiger partial charge in [-0.05, 0) is 30.3 Å². The minimum Gasteiger partial charge on any atom is -0.296 e. The van der Waals surface area contributed by atoms with E-state index in [9.17, 15) is 18.0 Å². The summed E-state index contributed by atoms with van der Waals surface area (Å²) in [5, 5.41) is 10.7. The van der Waals surface area contributed by atoms with Gasteiger partial charge in [-0.2, -0.15) is 13.2 Å². The Labute approximate surface area is 152 Å². The number of rotatable bonds is 3. The van der Waals surface area contributed by atoms with Crippen molar-refractivity contribution in [1.29, 1.82) is 0 Å². The molecule has 1 amide bonds. The predicted octanol–water partition coefficient (Wildman–Crippen LogP) is 5.24. The quantitative estimate of drug-likeness (QED) is 0.621. The van der Waals surface area contributed by atoms with Crippen molar-refractivity contribution >= 4 is 38.3 Å². The summed E-state index contributed by atoms with van der Waals surface area (Å²) in [6.45, 7) is 0. The van der Waals surface area contributed by atoms with Gasteiger partial charge in [0.1, 0.15) is 5.01 Å². The fourth-order valence-electron chi connectivity index (χ4n) is 2.02. The Morgan fingerprint density at radius 3 is 2.56 bits per heavy atom. The number of hydrogen-bond acceptors (Lipinski definition) is 4. The minimum absolute atomic E-state index is 0.206. The first-order valence-corrected chi connectivity index (χ1v) is 8.52. The average Bonchev–Trinajstić information content (AvgIpc) is 3.03. The third kappa shape index (κ3) is 4.23. The average molecular weight is 428 g/mol. The first kappa shape index (κ1) is 17.6. The molecule has 25 heavy (non-hydrogen) atoms. The van der Waals surface area contributed by atoms with Gasteiger partial charge in [0.05, 0.1) is 5.56 Å². The molecule has 0 radical (unpaired) electrons. The second-order valence-corrected chi connectivity index (χ2v) is 6.85. The highest BCUT2D eigenvalue weighted by atomic mass is 79.9. The summed E-state index contributed by atoms with van der Waals surface area (Å²) < 4.78 is 39.1. The van der Waals surface area contributed by atoms with Crippen molar-refractivity contribution in [3.63, 3.8) is 0 Å². The molecule has 0 spiro atoms. The van der Waals surface area contributed by atoms with Crippen LogP contribution in [-0.4, -0.2) is 16.1 Å². The molecule has 2 aromatic carbocycles. The lowest BCUT2D eigenvalue weighted by molar-refractivity contribution is -0.137. The molecule has 1 heterocycles. The first-order valence-electron chi connectivity index (χ1n) is 6.91. The molecule has 1 aromatic heterocycles. The fourth-order valence-corrected chi connectivity index (χ4v) is 3.15. The summed E-state index contributed by atoms with van der Waals surface area (Å²) in [6, 6.07) is 11.6. The van der Waals surface area contributed by atoms with Gasteiger partial charge in [-0.25, -0.2) is 0 Å². The highest BCUT2D eigenvalue weighted by molar-refractivity contribution is 9.10. The Morgan fingerprint density at radius 2 is 1.84 bits per heavy atom. The SMILES string of the molecule is O=C(Nc1nnc(-c2cccc(C(F)(F)F)c2)s1)c1cccc(Br)c1. The summed E-state index contributed by atoms with van der Waals surface area (Å²) in [4.78, 5) is 12.2. The van der Waals surface area contributed by atoms with Crippen LogP contribution < -0.4 is 5.32 Å². The lowest BCUT2D eigenvalue weighted by Crippen LogP contribution is -2.11. The van der Waals surface area contributed by atoms with Gasteiger partial charge in [0.25, 0.3) is 5.91 Å². The van der Waals surface area contributed by atoms with Crippen LogP contribution in [0, 0.1) is 0 Å². The van der Waals surface area contributed by atoms with Crippen LogP contribution in [0.15, 0.2) is 53.0 Å². The molecule has 0 atom stereocenters. The van der Waals surface area contributed by atoms with Gasteiger partial charge in [-0.1, -0.05) is 45.5 Å². The molecule has 128 valence electrons. The molecule has 9 heteroatoms. The van der Waals surface area contributed by atoms with Crippen LogP contribution in [0.4, 0.5) is 18.3 Å². The zero-order valence-corrected chi connectivity index (χ0v) is 14.7. The van der Waals surface area contributed by atoms with Gasteiger partial charge < -0.3 is 0 Å². The fraction of sp³-hybridized carbons (Fsp3) is 0.0625. The number of alkyl halides is 3. The number of nitrogens with zero attached hydrogens (tertiary/aromatic N) is 2. The zero-order chi connectivity index (χ0) is 18.0. The molecular formula is C16H9BrF3N3OS. The topological polar surface area (TPSA) is 54.9 Å². The number of hydrogen-bond donors (Lipinski definition) is 1. The number of anilines is 1. The second kappa shape index (κ2) is 6.93. The Hall–Kier alpha value is -2.26. The van der Waals surface area contributed by atoms with Crippen LogP contribution in [0.1, 0.15) is 15.9 Å². The normalized spacial score (nSPS) is 11.4. The summed E-state index contributed by atoms with van der Waals surface area (Å²) in [6.07, 6.45) is -4.43. The Morgan fingerprint density at radius 1 is 1.08 bits per heavy atom. The maximum Gasteiger partial charge on any atom is 0.416 e. The molecule has 1 N–H and O–H groups in total. The summed E-state index contributed by atoms with van der Waals surface area (Å²) in [7, 11) is 0. The maximum absolute atomic E-state index is 12.8. The molecule has 4 nitrogen and oxygen atoms in total. The van der Waals surface area contributed by atoms with Crippen LogP contribution in [0.3, 0.4) is 0 Å². The van der Waals surface area contributed by atoms with Crippen molar-refractivity contribution in [1.82, 2.24) is 10.2 Å². The molecule has 0 aliphatic rings. The van der Waals surface area contributed by atoms with Gasteiger partial charge in [0.15, 0.2) is 0 Å². The minimum atomic E-state index is -4.43. The van der Waals surface area contributed by atoms with Crippen LogP contribution in [-0.2, 0) is 6.18 Å².